The van der Waals surface area contributed by atoms with Crippen LogP contribution in [0.3, 0.4) is 0 Å². The molecular weight excluding hydrogens is 359 g/mol. The van der Waals surface area contributed by atoms with E-state index in [1.807, 2.05) is 24.4 Å². The molecule has 20 heavy (non-hydrogen) atoms. The number of hydrogen-bond acceptors (Lipinski definition) is 1. The smallest absolute Gasteiger partial charge is 0.0763 e. The monoisotopic (exact) mass is 374 g/mol. The molecule has 0 bridgehead atoms. The van der Waals surface area contributed by atoms with Gasteiger partial charge in [-0.2, -0.15) is 0 Å². The zero-order chi connectivity index (χ0) is 14.1. The third-order valence-electron chi connectivity index (χ3n) is 3.63. The van der Waals surface area contributed by atoms with Gasteiger partial charge in [-0.05, 0) is 47.7 Å². The largest absolute Gasteiger partial charge is 0.347 e. The van der Waals surface area contributed by atoms with Crippen molar-refractivity contribution in [1.82, 2.24) is 4.57 Å². The Morgan fingerprint density at radius 2 is 1.75 bits per heavy atom. The molecule has 0 amide bonds. The molecule has 0 saturated carbocycles. The first kappa shape index (κ1) is 13.4. The maximum absolute atomic E-state index is 4.65. The van der Waals surface area contributed by atoms with Gasteiger partial charge in [-0.1, -0.05) is 30.3 Å². The summed E-state index contributed by atoms with van der Waals surface area (Å²) in [6.07, 6.45) is 1.98. The van der Waals surface area contributed by atoms with E-state index in [2.05, 4.69) is 76.5 Å². The first-order chi connectivity index (χ1) is 9.68. The van der Waals surface area contributed by atoms with Gasteiger partial charge in [-0.3, -0.25) is 4.99 Å². The quantitative estimate of drug-likeness (QED) is 0.451. The lowest BCUT2D eigenvalue weighted by Gasteiger charge is -1.98. The van der Waals surface area contributed by atoms with Gasteiger partial charge in [0.2, 0.25) is 0 Å². The predicted octanol–water partition coefficient (Wildman–Crippen LogP) is 4.84. The molecule has 3 heteroatoms. The number of fused-ring (bicyclic) bond motifs is 1. The SMILES string of the molecule is Cc1c(C=Nc2ccccc2I)c2ccccc2n1C. The Bertz CT molecular complexity index is 800. The van der Waals surface area contributed by atoms with Crippen LogP contribution < -0.4 is 0 Å². The van der Waals surface area contributed by atoms with Gasteiger partial charge in [-0.25, -0.2) is 0 Å². The van der Waals surface area contributed by atoms with Gasteiger partial charge in [-0.15, -0.1) is 0 Å². The summed E-state index contributed by atoms with van der Waals surface area (Å²) in [5, 5.41) is 1.25. The molecular formula is C17H15IN2. The molecule has 0 atom stereocenters. The molecule has 3 rings (SSSR count). The summed E-state index contributed by atoms with van der Waals surface area (Å²) < 4.78 is 3.38. The number of hydrogen-bond donors (Lipinski definition) is 0. The van der Waals surface area contributed by atoms with E-state index < -0.39 is 0 Å². The molecule has 0 radical (unpaired) electrons. The van der Waals surface area contributed by atoms with E-state index >= 15 is 0 Å². The van der Waals surface area contributed by atoms with Gasteiger partial charge in [0.15, 0.2) is 0 Å². The highest BCUT2D eigenvalue weighted by atomic mass is 127. The minimum Gasteiger partial charge on any atom is -0.347 e. The van der Waals surface area contributed by atoms with Crippen LogP contribution in [0, 0.1) is 10.5 Å². The predicted molar refractivity (Wildman–Crippen MR) is 94.1 cm³/mol. The number of para-hydroxylation sites is 2. The van der Waals surface area contributed by atoms with Crippen molar-refractivity contribution in [3.05, 3.63) is 63.4 Å². The van der Waals surface area contributed by atoms with Gasteiger partial charge in [0.25, 0.3) is 0 Å². The van der Waals surface area contributed by atoms with Crippen LogP contribution in [-0.4, -0.2) is 10.8 Å². The van der Waals surface area contributed by atoms with Crippen LogP contribution >= 0.6 is 22.6 Å². The fourth-order valence-electron chi connectivity index (χ4n) is 2.40. The van der Waals surface area contributed by atoms with Crippen molar-refractivity contribution in [1.29, 1.82) is 0 Å². The molecule has 0 unspecified atom stereocenters. The van der Waals surface area contributed by atoms with E-state index in [0.717, 1.165) is 5.69 Å². The van der Waals surface area contributed by atoms with Crippen molar-refractivity contribution in [2.24, 2.45) is 12.0 Å². The van der Waals surface area contributed by atoms with Gasteiger partial charge in [0.05, 0.1) is 5.69 Å². The fourth-order valence-corrected chi connectivity index (χ4v) is 2.93. The van der Waals surface area contributed by atoms with Crippen LogP contribution in [0.25, 0.3) is 10.9 Å². The first-order valence-electron chi connectivity index (χ1n) is 6.51. The molecule has 2 nitrogen and oxygen atoms in total. The molecule has 0 N–H and O–H groups in total. The van der Waals surface area contributed by atoms with Crippen LogP contribution in [0.5, 0.6) is 0 Å². The fraction of sp³-hybridized carbons (Fsp3) is 0.118. The molecule has 0 fully saturated rings. The minimum absolute atomic E-state index is 1.01. The maximum Gasteiger partial charge on any atom is 0.0763 e. The summed E-state index contributed by atoms with van der Waals surface area (Å²) >= 11 is 2.32. The number of aliphatic imine (C=N–C) groups is 1. The van der Waals surface area contributed by atoms with E-state index in [4.69, 9.17) is 0 Å². The molecule has 0 aliphatic carbocycles. The second kappa shape index (κ2) is 5.40. The van der Waals surface area contributed by atoms with Crippen molar-refractivity contribution < 1.29 is 0 Å². The Kier molecular flexibility index (Phi) is 3.61. The molecule has 2 aromatic carbocycles. The zero-order valence-electron chi connectivity index (χ0n) is 11.5. The summed E-state index contributed by atoms with van der Waals surface area (Å²) in [5.41, 5.74) is 4.69. The van der Waals surface area contributed by atoms with Crippen molar-refractivity contribution >= 4 is 45.4 Å². The number of rotatable bonds is 2. The van der Waals surface area contributed by atoms with Crippen molar-refractivity contribution in [2.75, 3.05) is 0 Å². The Morgan fingerprint density at radius 1 is 1.05 bits per heavy atom. The molecule has 0 spiro atoms. The van der Waals surface area contributed by atoms with Crippen molar-refractivity contribution in [3.8, 4) is 0 Å². The lowest BCUT2D eigenvalue weighted by atomic mass is 10.1. The normalized spacial score (nSPS) is 11.6. The Morgan fingerprint density at radius 3 is 2.55 bits per heavy atom. The highest BCUT2D eigenvalue weighted by Gasteiger charge is 2.09. The van der Waals surface area contributed by atoms with Gasteiger partial charge in [0.1, 0.15) is 0 Å². The average molecular weight is 374 g/mol. The standard InChI is InChI=1S/C17H15IN2/c1-12-14(11-19-16-9-5-4-8-15(16)18)13-7-3-6-10-17(13)20(12)2/h3-11H,1-2H3. The van der Waals surface area contributed by atoms with E-state index in [1.165, 1.54) is 25.7 Å². The van der Waals surface area contributed by atoms with E-state index in [9.17, 15) is 0 Å². The third kappa shape index (κ3) is 2.26. The highest BCUT2D eigenvalue weighted by molar-refractivity contribution is 14.1. The lowest BCUT2D eigenvalue weighted by Crippen LogP contribution is -1.91. The Labute approximate surface area is 132 Å². The number of aryl methyl sites for hydroxylation is 1. The summed E-state index contributed by atoms with van der Waals surface area (Å²) in [6.45, 7) is 2.14. The van der Waals surface area contributed by atoms with Gasteiger partial charge < -0.3 is 4.57 Å². The second-order valence-electron chi connectivity index (χ2n) is 4.78. The van der Waals surface area contributed by atoms with Crippen LogP contribution in [0.4, 0.5) is 5.69 Å². The van der Waals surface area contributed by atoms with Crippen molar-refractivity contribution in [2.45, 2.75) is 6.92 Å². The van der Waals surface area contributed by atoms with E-state index in [1.54, 1.807) is 0 Å². The third-order valence-corrected chi connectivity index (χ3v) is 4.55. The maximum atomic E-state index is 4.65. The van der Waals surface area contributed by atoms with Crippen LogP contribution in [0.1, 0.15) is 11.3 Å². The van der Waals surface area contributed by atoms with Gasteiger partial charge >= 0.3 is 0 Å². The first-order valence-corrected chi connectivity index (χ1v) is 7.59. The molecule has 1 heterocycles. The van der Waals surface area contributed by atoms with Crippen LogP contribution in [0.2, 0.25) is 0 Å². The summed E-state index contributed by atoms with van der Waals surface area (Å²) in [5.74, 6) is 0. The summed E-state index contributed by atoms with van der Waals surface area (Å²) in [7, 11) is 2.10. The number of aromatic nitrogens is 1. The van der Waals surface area contributed by atoms with Gasteiger partial charge in [0, 0.05) is 39.0 Å². The Hall–Kier alpha value is -1.62. The Balaban J connectivity index is 2.12. The molecule has 0 aliphatic heterocycles. The average Bonchev–Trinajstić information content (AvgIpc) is 2.71. The molecule has 0 saturated heterocycles. The minimum atomic E-state index is 1.01. The molecule has 1 aromatic heterocycles. The zero-order valence-corrected chi connectivity index (χ0v) is 13.6. The van der Waals surface area contributed by atoms with E-state index in [-0.39, 0.29) is 0 Å². The number of benzene rings is 2. The number of nitrogens with zero attached hydrogens (tertiary/aromatic N) is 2. The molecule has 3 aromatic rings. The van der Waals surface area contributed by atoms with Crippen LogP contribution in [-0.2, 0) is 7.05 Å². The highest BCUT2D eigenvalue weighted by Crippen LogP contribution is 2.25. The van der Waals surface area contributed by atoms with Crippen molar-refractivity contribution in [3.63, 3.8) is 0 Å². The molecule has 100 valence electrons. The summed E-state index contributed by atoms with van der Waals surface area (Å²) in [4.78, 5) is 4.65. The van der Waals surface area contributed by atoms with E-state index in [0.29, 0.717) is 0 Å². The topological polar surface area (TPSA) is 17.3 Å². The number of halogens is 1. The lowest BCUT2D eigenvalue weighted by molar-refractivity contribution is 0.917. The second-order valence-corrected chi connectivity index (χ2v) is 5.95. The molecule has 0 aliphatic rings. The summed E-state index contributed by atoms with van der Waals surface area (Å²) in [6, 6.07) is 16.6. The van der Waals surface area contributed by atoms with Crippen LogP contribution in [0.15, 0.2) is 53.5 Å².